The van der Waals surface area contributed by atoms with Crippen LogP contribution in [0.4, 0.5) is 5.69 Å². The minimum Gasteiger partial charge on any atom is -0.508 e. The van der Waals surface area contributed by atoms with Crippen molar-refractivity contribution in [3.05, 3.63) is 23.8 Å². The molecule has 0 bridgehead atoms. The standard InChI is InChI=1S/C15H26N2O/c1-5-7-10-17(6-2)13-8-9-14(12(3)16-4)15(18)11-13/h8-9,11-12,16,18H,5-7,10H2,1-4H3. The number of nitrogens with one attached hydrogen (secondary N) is 1. The van der Waals surface area contributed by atoms with Crippen molar-refractivity contribution in [3.8, 4) is 5.75 Å². The lowest BCUT2D eigenvalue weighted by Gasteiger charge is -2.24. The molecular formula is C15H26N2O. The molecule has 0 saturated heterocycles. The molecule has 18 heavy (non-hydrogen) atoms. The van der Waals surface area contributed by atoms with Crippen molar-refractivity contribution in [1.29, 1.82) is 0 Å². The smallest absolute Gasteiger partial charge is 0.122 e. The van der Waals surface area contributed by atoms with Crippen LogP contribution in [-0.2, 0) is 0 Å². The van der Waals surface area contributed by atoms with E-state index in [0.29, 0.717) is 5.75 Å². The average Bonchev–Trinajstić information content (AvgIpc) is 2.39. The SMILES string of the molecule is CCCCN(CC)c1ccc(C(C)NC)c(O)c1. The van der Waals surface area contributed by atoms with Gasteiger partial charge in [0.25, 0.3) is 0 Å². The van der Waals surface area contributed by atoms with Gasteiger partial charge in [-0.15, -0.1) is 0 Å². The van der Waals surface area contributed by atoms with Crippen molar-refractivity contribution < 1.29 is 5.11 Å². The highest BCUT2D eigenvalue weighted by Crippen LogP contribution is 2.29. The minimum absolute atomic E-state index is 0.171. The average molecular weight is 250 g/mol. The van der Waals surface area contributed by atoms with Crippen molar-refractivity contribution in [2.45, 2.75) is 39.7 Å². The van der Waals surface area contributed by atoms with E-state index < -0.39 is 0 Å². The Hall–Kier alpha value is -1.22. The van der Waals surface area contributed by atoms with Crippen LogP contribution in [0.2, 0.25) is 0 Å². The van der Waals surface area contributed by atoms with E-state index >= 15 is 0 Å². The molecule has 0 amide bonds. The molecule has 3 heteroatoms. The molecule has 2 N–H and O–H groups in total. The first-order chi connectivity index (χ1) is 8.63. The monoisotopic (exact) mass is 250 g/mol. The molecule has 102 valence electrons. The summed E-state index contributed by atoms with van der Waals surface area (Å²) in [5, 5.41) is 13.2. The number of unbranched alkanes of at least 4 members (excludes halogenated alkanes) is 1. The molecule has 1 unspecified atom stereocenters. The van der Waals surface area contributed by atoms with E-state index in [1.807, 2.05) is 26.1 Å². The molecular weight excluding hydrogens is 224 g/mol. The minimum atomic E-state index is 0.171. The summed E-state index contributed by atoms with van der Waals surface area (Å²) in [6, 6.07) is 6.16. The number of nitrogens with zero attached hydrogens (tertiary/aromatic N) is 1. The van der Waals surface area contributed by atoms with Gasteiger partial charge in [-0.05, 0) is 33.4 Å². The van der Waals surface area contributed by atoms with Crippen LogP contribution in [-0.4, -0.2) is 25.2 Å². The maximum atomic E-state index is 10.1. The first-order valence-corrected chi connectivity index (χ1v) is 6.89. The molecule has 0 radical (unpaired) electrons. The summed E-state index contributed by atoms with van der Waals surface area (Å²) >= 11 is 0. The maximum Gasteiger partial charge on any atom is 0.122 e. The predicted octanol–water partition coefficient (Wildman–Crippen LogP) is 3.30. The van der Waals surface area contributed by atoms with E-state index in [-0.39, 0.29) is 6.04 Å². The molecule has 1 rings (SSSR count). The number of phenolic OH excluding ortho intramolecular Hbond substituents is 1. The highest BCUT2D eigenvalue weighted by molar-refractivity contribution is 5.54. The molecule has 0 saturated carbocycles. The van der Waals surface area contributed by atoms with Crippen LogP contribution in [0, 0.1) is 0 Å². The van der Waals surface area contributed by atoms with Crippen LogP contribution >= 0.6 is 0 Å². The lowest BCUT2D eigenvalue weighted by Crippen LogP contribution is -2.23. The van der Waals surface area contributed by atoms with Crippen molar-refractivity contribution in [2.75, 3.05) is 25.0 Å². The second-order valence-electron chi connectivity index (χ2n) is 4.69. The van der Waals surface area contributed by atoms with Crippen molar-refractivity contribution >= 4 is 5.69 Å². The van der Waals surface area contributed by atoms with E-state index in [1.165, 1.54) is 12.8 Å². The van der Waals surface area contributed by atoms with E-state index in [0.717, 1.165) is 24.3 Å². The number of anilines is 1. The van der Waals surface area contributed by atoms with Gasteiger partial charge in [0.1, 0.15) is 5.75 Å². The second-order valence-corrected chi connectivity index (χ2v) is 4.69. The third kappa shape index (κ3) is 3.64. The number of hydrogen-bond acceptors (Lipinski definition) is 3. The van der Waals surface area contributed by atoms with Crippen LogP contribution in [0.1, 0.15) is 45.2 Å². The zero-order valence-electron chi connectivity index (χ0n) is 12.0. The zero-order valence-corrected chi connectivity index (χ0v) is 12.0. The first-order valence-electron chi connectivity index (χ1n) is 6.89. The Balaban J connectivity index is 2.87. The van der Waals surface area contributed by atoms with Crippen LogP contribution in [0.5, 0.6) is 5.75 Å². The summed E-state index contributed by atoms with van der Waals surface area (Å²) in [5.41, 5.74) is 2.06. The maximum absolute atomic E-state index is 10.1. The molecule has 0 fully saturated rings. The second kappa shape index (κ2) is 7.27. The van der Waals surface area contributed by atoms with Gasteiger partial charge in [0.05, 0.1) is 0 Å². The fourth-order valence-corrected chi connectivity index (χ4v) is 2.07. The van der Waals surface area contributed by atoms with Gasteiger partial charge in [-0.2, -0.15) is 0 Å². The topological polar surface area (TPSA) is 35.5 Å². The quantitative estimate of drug-likeness (QED) is 0.779. The van der Waals surface area contributed by atoms with Crippen molar-refractivity contribution in [2.24, 2.45) is 0 Å². The molecule has 0 aromatic heterocycles. The van der Waals surface area contributed by atoms with E-state index in [9.17, 15) is 5.11 Å². The van der Waals surface area contributed by atoms with Crippen LogP contribution in [0.15, 0.2) is 18.2 Å². The predicted molar refractivity (Wildman–Crippen MR) is 78.4 cm³/mol. The summed E-state index contributed by atoms with van der Waals surface area (Å²) < 4.78 is 0. The molecule has 1 aromatic carbocycles. The fourth-order valence-electron chi connectivity index (χ4n) is 2.07. The van der Waals surface area contributed by atoms with Crippen LogP contribution in [0.25, 0.3) is 0 Å². The Bertz CT molecular complexity index is 366. The highest BCUT2D eigenvalue weighted by Gasteiger charge is 2.11. The van der Waals surface area contributed by atoms with Gasteiger partial charge in [0.2, 0.25) is 0 Å². The number of benzene rings is 1. The summed E-state index contributed by atoms with van der Waals surface area (Å²) in [5.74, 6) is 0.379. The van der Waals surface area contributed by atoms with Gasteiger partial charge in [-0.3, -0.25) is 0 Å². The Kier molecular flexibility index (Phi) is 5.99. The zero-order chi connectivity index (χ0) is 13.5. The normalized spacial score (nSPS) is 12.4. The van der Waals surface area contributed by atoms with Gasteiger partial charge in [0.15, 0.2) is 0 Å². The molecule has 0 aliphatic carbocycles. The largest absolute Gasteiger partial charge is 0.508 e. The van der Waals surface area contributed by atoms with E-state index in [2.05, 4.69) is 30.1 Å². The van der Waals surface area contributed by atoms with Crippen molar-refractivity contribution in [1.82, 2.24) is 5.32 Å². The number of rotatable bonds is 7. The molecule has 1 atom stereocenters. The highest BCUT2D eigenvalue weighted by atomic mass is 16.3. The van der Waals surface area contributed by atoms with E-state index in [1.54, 1.807) is 0 Å². The third-order valence-corrected chi connectivity index (χ3v) is 3.44. The summed E-state index contributed by atoms with van der Waals surface area (Å²) in [6.45, 7) is 8.41. The lowest BCUT2D eigenvalue weighted by molar-refractivity contribution is 0.458. The van der Waals surface area contributed by atoms with Gasteiger partial charge in [-0.1, -0.05) is 19.4 Å². The Morgan fingerprint density at radius 1 is 1.33 bits per heavy atom. The summed E-state index contributed by atoms with van der Waals surface area (Å²) in [7, 11) is 1.90. The molecule has 0 aliphatic heterocycles. The Morgan fingerprint density at radius 2 is 2.06 bits per heavy atom. The molecule has 0 aliphatic rings. The van der Waals surface area contributed by atoms with Crippen molar-refractivity contribution in [3.63, 3.8) is 0 Å². The summed E-state index contributed by atoms with van der Waals surface area (Å²) in [4.78, 5) is 2.30. The van der Waals surface area contributed by atoms with Crippen LogP contribution in [0.3, 0.4) is 0 Å². The summed E-state index contributed by atoms with van der Waals surface area (Å²) in [6.07, 6.45) is 2.38. The van der Waals surface area contributed by atoms with Gasteiger partial charge in [-0.25, -0.2) is 0 Å². The van der Waals surface area contributed by atoms with Gasteiger partial charge < -0.3 is 15.3 Å². The number of phenols is 1. The fraction of sp³-hybridized carbons (Fsp3) is 0.600. The third-order valence-electron chi connectivity index (χ3n) is 3.44. The van der Waals surface area contributed by atoms with E-state index in [4.69, 9.17) is 0 Å². The van der Waals surface area contributed by atoms with Gasteiger partial charge >= 0.3 is 0 Å². The molecule has 1 aromatic rings. The number of aromatic hydroxyl groups is 1. The Morgan fingerprint density at radius 3 is 2.56 bits per heavy atom. The van der Waals surface area contributed by atoms with Crippen LogP contribution < -0.4 is 10.2 Å². The lowest BCUT2D eigenvalue weighted by atomic mass is 10.1. The Labute approximate surface area is 111 Å². The molecule has 3 nitrogen and oxygen atoms in total. The van der Waals surface area contributed by atoms with Gasteiger partial charge in [0, 0.05) is 36.4 Å². The first kappa shape index (κ1) is 14.8. The molecule has 0 spiro atoms. The number of hydrogen-bond donors (Lipinski definition) is 2. The molecule has 0 heterocycles.